The first-order chi connectivity index (χ1) is 4.06. The molecule has 0 aliphatic heterocycles. The maximum absolute atomic E-state index is 4.99. The molecule has 1 nitrogen and oxygen atoms in total. The Morgan fingerprint density at radius 2 is 2.11 bits per heavy atom. The molecule has 1 heteroatoms. The van der Waals surface area contributed by atoms with Crippen molar-refractivity contribution in [2.75, 3.05) is 6.54 Å². The molecule has 0 N–H and O–H groups in total. The van der Waals surface area contributed by atoms with E-state index in [4.69, 9.17) is 6.42 Å². The van der Waals surface area contributed by atoms with E-state index in [1.807, 2.05) is 0 Å². The molecular formula is C8H13N. The molecule has 0 saturated carbocycles. The van der Waals surface area contributed by atoms with Crippen LogP contribution in [0.15, 0.2) is 0 Å². The van der Waals surface area contributed by atoms with Crippen molar-refractivity contribution in [2.45, 2.75) is 26.3 Å². The van der Waals surface area contributed by atoms with E-state index in [-0.39, 0.29) is 5.54 Å². The molecule has 2 radical (unpaired) electrons. The first kappa shape index (κ1) is 8.52. The summed E-state index contributed by atoms with van der Waals surface area (Å²) in [5, 5.41) is 4.25. The van der Waals surface area contributed by atoms with Crippen LogP contribution in [0.5, 0.6) is 0 Å². The van der Waals surface area contributed by atoms with Gasteiger partial charge in [0.05, 0.1) is 0 Å². The summed E-state index contributed by atoms with van der Waals surface area (Å²) in [4.78, 5) is 0. The molecule has 0 amide bonds. The molecule has 9 heavy (non-hydrogen) atoms. The van der Waals surface area contributed by atoms with E-state index >= 15 is 0 Å². The largest absolute Gasteiger partial charge is 0.235 e. The summed E-state index contributed by atoms with van der Waals surface area (Å²) in [6, 6.07) is 0. The fraction of sp³-hybridized carbons (Fsp3) is 0.625. The summed E-state index contributed by atoms with van der Waals surface area (Å²) in [5.41, 5.74) is 0.0490. The smallest absolute Gasteiger partial charge is 0.0492 e. The Bertz CT molecular complexity index is 103. The molecule has 0 saturated heterocycles. The zero-order valence-electron chi connectivity index (χ0n) is 6.31. The van der Waals surface area contributed by atoms with Gasteiger partial charge in [-0.15, -0.1) is 12.3 Å². The number of hydrogen-bond acceptors (Lipinski definition) is 0. The molecule has 50 valence electrons. The van der Waals surface area contributed by atoms with Crippen LogP contribution in [-0.4, -0.2) is 12.1 Å². The van der Waals surface area contributed by atoms with Gasteiger partial charge in [-0.1, -0.05) is 0 Å². The number of terminal acetylenes is 1. The Balaban J connectivity index is 3.20. The van der Waals surface area contributed by atoms with Crippen LogP contribution in [-0.2, 0) is 0 Å². The molecule has 0 atom stereocenters. The molecule has 0 aliphatic carbocycles. The summed E-state index contributed by atoms with van der Waals surface area (Å²) < 4.78 is 0. The molecule has 0 bridgehead atoms. The van der Waals surface area contributed by atoms with Crippen LogP contribution in [0.4, 0.5) is 0 Å². The highest BCUT2D eigenvalue weighted by Gasteiger charge is 2.08. The van der Waals surface area contributed by atoms with Gasteiger partial charge in [-0.25, -0.2) is 5.32 Å². The summed E-state index contributed by atoms with van der Waals surface area (Å²) in [7, 11) is 0. The second-order valence-electron chi connectivity index (χ2n) is 2.88. The zero-order valence-corrected chi connectivity index (χ0v) is 6.31. The molecule has 0 aromatic rings. The van der Waals surface area contributed by atoms with E-state index in [0.29, 0.717) is 6.54 Å². The second-order valence-corrected chi connectivity index (χ2v) is 2.88. The minimum Gasteiger partial charge on any atom is -0.235 e. The van der Waals surface area contributed by atoms with E-state index in [1.54, 1.807) is 6.42 Å². The van der Waals surface area contributed by atoms with Gasteiger partial charge in [-0.05, 0) is 20.8 Å². The van der Waals surface area contributed by atoms with Crippen molar-refractivity contribution in [2.24, 2.45) is 0 Å². The highest BCUT2D eigenvalue weighted by molar-refractivity contribution is 5.02. The molecule has 0 fully saturated rings. The quantitative estimate of drug-likeness (QED) is 0.387. The number of rotatable bonds is 2. The minimum atomic E-state index is 0.0490. The second kappa shape index (κ2) is 3.53. The van der Waals surface area contributed by atoms with Crippen molar-refractivity contribution in [1.29, 1.82) is 0 Å². The average Bonchev–Trinajstić information content (AvgIpc) is 1.63. The Kier molecular flexibility index (Phi) is 3.34. The van der Waals surface area contributed by atoms with Gasteiger partial charge in [-0.2, -0.15) is 0 Å². The summed E-state index contributed by atoms with van der Waals surface area (Å²) in [6.45, 7) is 6.83. The van der Waals surface area contributed by atoms with Gasteiger partial charge in [0.25, 0.3) is 0 Å². The van der Waals surface area contributed by atoms with E-state index in [2.05, 4.69) is 32.0 Å². The van der Waals surface area contributed by atoms with E-state index in [1.165, 1.54) is 0 Å². The lowest BCUT2D eigenvalue weighted by molar-refractivity contribution is 0.435. The Morgan fingerprint density at radius 1 is 1.56 bits per heavy atom. The lowest BCUT2D eigenvalue weighted by Gasteiger charge is -2.16. The van der Waals surface area contributed by atoms with Crippen LogP contribution < -0.4 is 5.32 Å². The van der Waals surface area contributed by atoms with E-state index < -0.39 is 0 Å². The van der Waals surface area contributed by atoms with Crippen molar-refractivity contribution in [3.63, 3.8) is 0 Å². The summed E-state index contributed by atoms with van der Waals surface area (Å²) in [6.07, 6.45) is 6.71. The maximum Gasteiger partial charge on any atom is 0.0492 e. The SMILES string of the molecule is C#C[CH]C[N]C(C)(C)C. The maximum atomic E-state index is 4.99. The Morgan fingerprint density at radius 3 is 2.44 bits per heavy atom. The molecule has 0 heterocycles. The van der Waals surface area contributed by atoms with Crippen molar-refractivity contribution < 1.29 is 0 Å². The fourth-order valence-electron chi connectivity index (χ4n) is 0.372. The zero-order chi connectivity index (χ0) is 7.33. The van der Waals surface area contributed by atoms with Gasteiger partial charge < -0.3 is 0 Å². The monoisotopic (exact) mass is 123 g/mol. The van der Waals surface area contributed by atoms with Crippen molar-refractivity contribution >= 4 is 0 Å². The first-order valence-electron chi connectivity index (χ1n) is 3.03. The summed E-state index contributed by atoms with van der Waals surface area (Å²) in [5.74, 6) is 2.42. The highest BCUT2D eigenvalue weighted by Crippen LogP contribution is 1.99. The number of nitrogens with zero attached hydrogens (tertiary/aromatic N) is 1. The third-order valence-corrected chi connectivity index (χ3v) is 0.775. The van der Waals surface area contributed by atoms with E-state index in [0.717, 1.165) is 0 Å². The highest BCUT2D eigenvalue weighted by atomic mass is 14.9. The lowest BCUT2D eigenvalue weighted by Crippen LogP contribution is -2.29. The predicted molar refractivity (Wildman–Crippen MR) is 39.9 cm³/mol. The van der Waals surface area contributed by atoms with Gasteiger partial charge in [-0.3, -0.25) is 0 Å². The predicted octanol–water partition coefficient (Wildman–Crippen LogP) is 1.23. The van der Waals surface area contributed by atoms with Gasteiger partial charge in [0.2, 0.25) is 0 Å². The third kappa shape index (κ3) is 7.52. The van der Waals surface area contributed by atoms with Crippen LogP contribution in [0.2, 0.25) is 0 Å². The minimum absolute atomic E-state index is 0.0490. The lowest BCUT2D eigenvalue weighted by atomic mass is 10.1. The van der Waals surface area contributed by atoms with Crippen LogP contribution in [0.3, 0.4) is 0 Å². The van der Waals surface area contributed by atoms with Gasteiger partial charge in [0.15, 0.2) is 0 Å². The van der Waals surface area contributed by atoms with Crippen LogP contribution in [0, 0.1) is 18.8 Å². The van der Waals surface area contributed by atoms with Crippen molar-refractivity contribution in [1.82, 2.24) is 5.32 Å². The van der Waals surface area contributed by atoms with Crippen LogP contribution in [0.25, 0.3) is 0 Å². The van der Waals surface area contributed by atoms with Crippen LogP contribution >= 0.6 is 0 Å². The molecule has 0 spiro atoms. The Labute approximate surface area is 57.8 Å². The van der Waals surface area contributed by atoms with Crippen molar-refractivity contribution in [3.05, 3.63) is 6.42 Å². The summed E-state index contributed by atoms with van der Waals surface area (Å²) >= 11 is 0. The fourth-order valence-corrected chi connectivity index (χ4v) is 0.372. The topological polar surface area (TPSA) is 14.1 Å². The Hall–Kier alpha value is -0.480. The van der Waals surface area contributed by atoms with Gasteiger partial charge >= 0.3 is 0 Å². The molecular weight excluding hydrogens is 110 g/mol. The molecule has 0 rings (SSSR count). The molecule has 0 aromatic heterocycles. The van der Waals surface area contributed by atoms with Gasteiger partial charge in [0.1, 0.15) is 0 Å². The normalized spacial score (nSPS) is 10.9. The molecule has 0 aliphatic rings. The van der Waals surface area contributed by atoms with Gasteiger partial charge in [0, 0.05) is 18.5 Å². The van der Waals surface area contributed by atoms with Crippen molar-refractivity contribution in [3.8, 4) is 12.3 Å². The van der Waals surface area contributed by atoms with E-state index in [9.17, 15) is 0 Å². The standard InChI is InChI=1S/C8H13N/c1-5-6-7-9-8(2,3)4/h1,6H,7H2,2-4H3. The first-order valence-corrected chi connectivity index (χ1v) is 3.03. The molecule has 0 unspecified atom stereocenters. The average molecular weight is 123 g/mol. The molecule has 0 aromatic carbocycles. The third-order valence-electron chi connectivity index (χ3n) is 0.775. The van der Waals surface area contributed by atoms with Crippen LogP contribution in [0.1, 0.15) is 20.8 Å². The number of hydrogen-bond donors (Lipinski definition) is 0.